The van der Waals surface area contributed by atoms with Gasteiger partial charge in [0.25, 0.3) is 5.91 Å². The Morgan fingerprint density at radius 1 is 0.897 bits per heavy atom. The Hall–Kier alpha value is -3.97. The van der Waals surface area contributed by atoms with Gasteiger partial charge in [0, 0.05) is 23.1 Å². The number of nitrogens with zero attached hydrogens (tertiary/aromatic N) is 2. The van der Waals surface area contributed by atoms with Gasteiger partial charge in [0.2, 0.25) is 0 Å². The Bertz CT molecular complexity index is 1200. The van der Waals surface area contributed by atoms with Gasteiger partial charge in [-0.05, 0) is 11.6 Å². The van der Waals surface area contributed by atoms with Crippen molar-refractivity contribution in [2.45, 2.75) is 13.0 Å². The summed E-state index contributed by atoms with van der Waals surface area (Å²) in [5.74, 6) is -0.199. The van der Waals surface area contributed by atoms with E-state index in [2.05, 4.69) is 11.4 Å². The summed E-state index contributed by atoms with van der Waals surface area (Å²) >= 11 is 0. The molecular weight excluding hydrogens is 358 g/mol. The number of pyridine rings is 1. The summed E-state index contributed by atoms with van der Waals surface area (Å²) < 4.78 is 0. The quantitative estimate of drug-likeness (QED) is 0.538. The van der Waals surface area contributed by atoms with E-state index in [1.807, 2.05) is 84.9 Å². The molecule has 1 heterocycles. The number of fused-ring (bicyclic) bond motifs is 1. The van der Waals surface area contributed by atoms with E-state index in [1.165, 1.54) is 0 Å². The molecule has 4 heteroatoms. The molecule has 0 atom stereocenters. The predicted octanol–water partition coefficient (Wildman–Crippen LogP) is 4.90. The first kappa shape index (κ1) is 18.4. The lowest BCUT2D eigenvalue weighted by molar-refractivity contribution is 0.0952. The Labute approximate surface area is 169 Å². The van der Waals surface area contributed by atoms with Crippen LogP contribution in [0.15, 0.2) is 84.9 Å². The molecule has 1 N–H and O–H groups in total. The van der Waals surface area contributed by atoms with Crippen molar-refractivity contribution >= 4 is 16.8 Å². The Kier molecular flexibility index (Phi) is 5.31. The Balaban J connectivity index is 1.85. The van der Waals surface area contributed by atoms with E-state index in [4.69, 9.17) is 4.98 Å². The van der Waals surface area contributed by atoms with Gasteiger partial charge in [0.1, 0.15) is 0 Å². The van der Waals surface area contributed by atoms with E-state index in [9.17, 15) is 10.1 Å². The molecule has 0 aliphatic heterocycles. The third-order valence-corrected chi connectivity index (χ3v) is 4.82. The molecule has 1 aromatic heterocycles. The van der Waals surface area contributed by atoms with Gasteiger partial charge < -0.3 is 5.32 Å². The van der Waals surface area contributed by atoms with Gasteiger partial charge in [-0.1, -0.05) is 78.9 Å². The number of aromatic nitrogens is 1. The lowest BCUT2D eigenvalue weighted by Crippen LogP contribution is -2.25. The Morgan fingerprint density at radius 2 is 1.55 bits per heavy atom. The van der Waals surface area contributed by atoms with Crippen molar-refractivity contribution in [2.75, 3.05) is 0 Å². The fourth-order valence-corrected chi connectivity index (χ4v) is 3.46. The molecule has 0 aliphatic rings. The van der Waals surface area contributed by atoms with E-state index < -0.39 is 0 Å². The zero-order chi connectivity index (χ0) is 20.1. The molecule has 0 radical (unpaired) electrons. The number of amides is 1. The third-order valence-electron chi connectivity index (χ3n) is 4.82. The summed E-state index contributed by atoms with van der Waals surface area (Å²) in [6.07, 6.45) is 0.107. The van der Waals surface area contributed by atoms with Crippen molar-refractivity contribution in [3.63, 3.8) is 0 Å². The van der Waals surface area contributed by atoms with Crippen LogP contribution in [-0.2, 0) is 13.0 Å². The normalized spacial score (nSPS) is 10.4. The molecule has 0 spiro atoms. The second kappa shape index (κ2) is 8.37. The zero-order valence-electron chi connectivity index (χ0n) is 15.8. The minimum absolute atomic E-state index is 0.107. The summed E-state index contributed by atoms with van der Waals surface area (Å²) in [5, 5.41) is 13.2. The van der Waals surface area contributed by atoms with Gasteiger partial charge in [-0.25, -0.2) is 4.98 Å². The number of hydrogen-bond acceptors (Lipinski definition) is 3. The van der Waals surface area contributed by atoms with Gasteiger partial charge in [0.15, 0.2) is 0 Å². The van der Waals surface area contributed by atoms with Crippen molar-refractivity contribution in [3.05, 3.63) is 102 Å². The topological polar surface area (TPSA) is 65.8 Å². The predicted molar refractivity (Wildman–Crippen MR) is 114 cm³/mol. The van der Waals surface area contributed by atoms with Crippen LogP contribution in [-0.4, -0.2) is 10.9 Å². The van der Waals surface area contributed by atoms with Crippen molar-refractivity contribution in [3.8, 4) is 17.3 Å². The summed E-state index contributed by atoms with van der Waals surface area (Å²) in [5.41, 5.74) is 4.49. The molecule has 0 bridgehead atoms. The summed E-state index contributed by atoms with van der Waals surface area (Å²) in [6.45, 7) is 0.420. The van der Waals surface area contributed by atoms with Crippen LogP contribution in [0, 0.1) is 11.3 Å². The number of carbonyl (C=O) groups excluding carboxylic acids is 1. The monoisotopic (exact) mass is 377 g/mol. The fourth-order valence-electron chi connectivity index (χ4n) is 3.46. The third kappa shape index (κ3) is 3.85. The molecule has 0 saturated heterocycles. The van der Waals surface area contributed by atoms with E-state index in [1.54, 1.807) is 0 Å². The van der Waals surface area contributed by atoms with Gasteiger partial charge in [-0.3, -0.25) is 4.79 Å². The highest BCUT2D eigenvalue weighted by molar-refractivity contribution is 6.09. The first-order valence-electron chi connectivity index (χ1n) is 9.44. The van der Waals surface area contributed by atoms with Gasteiger partial charge in [-0.15, -0.1) is 0 Å². The second-order valence-corrected chi connectivity index (χ2v) is 6.70. The maximum atomic E-state index is 13.3. The maximum absolute atomic E-state index is 13.3. The average molecular weight is 377 g/mol. The van der Waals surface area contributed by atoms with Crippen molar-refractivity contribution in [1.82, 2.24) is 10.3 Å². The van der Waals surface area contributed by atoms with Crippen molar-refractivity contribution < 1.29 is 4.79 Å². The number of hydrogen-bond donors (Lipinski definition) is 1. The molecule has 0 fully saturated rings. The highest BCUT2D eigenvalue weighted by Gasteiger charge is 2.21. The average Bonchev–Trinajstić information content (AvgIpc) is 2.78. The zero-order valence-corrected chi connectivity index (χ0v) is 15.8. The largest absolute Gasteiger partial charge is 0.348 e. The van der Waals surface area contributed by atoms with Crippen LogP contribution in [0.3, 0.4) is 0 Å². The summed E-state index contributed by atoms with van der Waals surface area (Å²) in [6, 6.07) is 29.2. The number of nitrogens with one attached hydrogen (secondary N) is 1. The molecule has 29 heavy (non-hydrogen) atoms. The van der Waals surface area contributed by atoms with Crippen LogP contribution in [0.5, 0.6) is 0 Å². The maximum Gasteiger partial charge on any atom is 0.252 e. The molecule has 4 nitrogen and oxygen atoms in total. The number of rotatable bonds is 5. The molecule has 0 saturated carbocycles. The molecule has 140 valence electrons. The SMILES string of the molecule is N#CCc1c(-c2ccccc2)nc2ccccc2c1C(=O)NCc1ccccc1. The summed E-state index contributed by atoms with van der Waals surface area (Å²) in [4.78, 5) is 18.1. The van der Waals surface area contributed by atoms with Crippen LogP contribution >= 0.6 is 0 Å². The van der Waals surface area contributed by atoms with Crippen LogP contribution in [0.25, 0.3) is 22.2 Å². The minimum atomic E-state index is -0.199. The van der Waals surface area contributed by atoms with Crippen molar-refractivity contribution in [1.29, 1.82) is 5.26 Å². The van der Waals surface area contributed by atoms with Crippen LogP contribution in [0.4, 0.5) is 0 Å². The van der Waals surface area contributed by atoms with Crippen LogP contribution < -0.4 is 5.32 Å². The van der Waals surface area contributed by atoms with E-state index in [-0.39, 0.29) is 12.3 Å². The highest BCUT2D eigenvalue weighted by Crippen LogP contribution is 2.30. The van der Waals surface area contributed by atoms with Crippen molar-refractivity contribution in [2.24, 2.45) is 0 Å². The van der Waals surface area contributed by atoms with Gasteiger partial charge in [-0.2, -0.15) is 5.26 Å². The number of nitriles is 1. The second-order valence-electron chi connectivity index (χ2n) is 6.70. The lowest BCUT2D eigenvalue weighted by atomic mass is 9.94. The molecule has 1 amide bonds. The molecular formula is C25H19N3O. The highest BCUT2D eigenvalue weighted by atomic mass is 16.1. The number of carbonyl (C=O) groups is 1. The minimum Gasteiger partial charge on any atom is -0.348 e. The molecule has 0 unspecified atom stereocenters. The molecule has 0 aliphatic carbocycles. The Morgan fingerprint density at radius 3 is 2.28 bits per heavy atom. The number of benzene rings is 3. The number of para-hydroxylation sites is 1. The van der Waals surface area contributed by atoms with Crippen LogP contribution in [0.2, 0.25) is 0 Å². The smallest absolute Gasteiger partial charge is 0.252 e. The lowest BCUT2D eigenvalue weighted by Gasteiger charge is -2.16. The summed E-state index contributed by atoms with van der Waals surface area (Å²) in [7, 11) is 0. The molecule has 4 aromatic rings. The van der Waals surface area contributed by atoms with E-state index in [0.717, 1.165) is 22.0 Å². The standard InChI is InChI=1S/C25H19N3O/c26-16-15-21-23(25(29)27-17-18-9-3-1-4-10-18)20-13-7-8-14-22(20)28-24(21)19-11-5-2-6-12-19/h1-14H,15,17H2,(H,27,29). The van der Waals surface area contributed by atoms with Gasteiger partial charge >= 0.3 is 0 Å². The van der Waals surface area contributed by atoms with E-state index >= 15 is 0 Å². The van der Waals surface area contributed by atoms with Gasteiger partial charge in [0.05, 0.1) is 29.3 Å². The fraction of sp³-hybridized carbons (Fsp3) is 0.0800. The van der Waals surface area contributed by atoms with E-state index in [0.29, 0.717) is 23.4 Å². The first-order valence-corrected chi connectivity index (χ1v) is 9.44. The molecule has 4 rings (SSSR count). The molecule has 3 aromatic carbocycles. The van der Waals surface area contributed by atoms with Crippen LogP contribution in [0.1, 0.15) is 21.5 Å². The first-order chi connectivity index (χ1) is 14.3.